The maximum absolute atomic E-state index is 12.4. The van der Waals surface area contributed by atoms with Gasteiger partial charge in [-0.1, -0.05) is 29.8 Å². The van der Waals surface area contributed by atoms with Gasteiger partial charge in [0.1, 0.15) is 5.75 Å². The minimum Gasteiger partial charge on any atom is -0.496 e. The van der Waals surface area contributed by atoms with E-state index < -0.39 is 0 Å². The van der Waals surface area contributed by atoms with Gasteiger partial charge in [0.05, 0.1) is 31.4 Å². The van der Waals surface area contributed by atoms with Crippen LogP contribution >= 0.6 is 0 Å². The van der Waals surface area contributed by atoms with E-state index in [2.05, 4.69) is 10.4 Å². The molecule has 0 bridgehead atoms. The van der Waals surface area contributed by atoms with Crippen molar-refractivity contribution in [3.8, 4) is 5.75 Å². The van der Waals surface area contributed by atoms with E-state index in [1.54, 1.807) is 17.9 Å². The topological polar surface area (TPSA) is 73.2 Å². The van der Waals surface area contributed by atoms with Crippen molar-refractivity contribution in [2.75, 3.05) is 7.11 Å². The number of rotatable bonds is 6. The zero-order valence-electron chi connectivity index (χ0n) is 15.7. The summed E-state index contributed by atoms with van der Waals surface area (Å²) < 4.78 is 7.09. The van der Waals surface area contributed by atoms with Gasteiger partial charge < -0.3 is 10.1 Å². The Morgan fingerprint density at radius 2 is 2.04 bits per heavy atom. The number of aryl methyl sites for hydroxylation is 2. The zero-order valence-corrected chi connectivity index (χ0v) is 15.7. The third kappa shape index (κ3) is 4.16. The van der Waals surface area contributed by atoms with Crippen LogP contribution in [0.5, 0.6) is 5.75 Å². The zero-order chi connectivity index (χ0) is 19.4. The molecule has 0 aliphatic heterocycles. The van der Waals surface area contributed by atoms with Crippen molar-refractivity contribution in [2.45, 2.75) is 32.9 Å². The van der Waals surface area contributed by atoms with Gasteiger partial charge in [-0.05, 0) is 32.0 Å². The highest BCUT2D eigenvalue weighted by Gasteiger charge is 2.15. The quantitative estimate of drug-likeness (QED) is 0.729. The highest BCUT2D eigenvalue weighted by Crippen LogP contribution is 2.26. The van der Waals surface area contributed by atoms with Crippen molar-refractivity contribution >= 4 is 16.8 Å². The number of fused-ring (bicyclic) bond motifs is 1. The molecule has 0 aliphatic carbocycles. The van der Waals surface area contributed by atoms with E-state index in [-0.39, 0.29) is 23.8 Å². The van der Waals surface area contributed by atoms with Crippen molar-refractivity contribution in [3.05, 3.63) is 70.0 Å². The fourth-order valence-electron chi connectivity index (χ4n) is 3.13. The van der Waals surface area contributed by atoms with Crippen LogP contribution in [0.25, 0.3) is 10.9 Å². The maximum atomic E-state index is 12.4. The lowest BCUT2D eigenvalue weighted by Gasteiger charge is -2.18. The van der Waals surface area contributed by atoms with Crippen molar-refractivity contribution in [1.29, 1.82) is 0 Å². The Morgan fingerprint density at radius 3 is 2.81 bits per heavy atom. The highest BCUT2D eigenvalue weighted by molar-refractivity contribution is 5.79. The van der Waals surface area contributed by atoms with Crippen LogP contribution in [0.15, 0.2) is 53.5 Å². The van der Waals surface area contributed by atoms with Crippen LogP contribution in [0.1, 0.15) is 30.5 Å². The van der Waals surface area contributed by atoms with Gasteiger partial charge in [0.25, 0.3) is 0 Å². The van der Waals surface area contributed by atoms with E-state index in [4.69, 9.17) is 4.74 Å². The molecule has 0 saturated carbocycles. The van der Waals surface area contributed by atoms with Gasteiger partial charge in [-0.15, -0.1) is 0 Å². The van der Waals surface area contributed by atoms with Crippen LogP contribution in [0.2, 0.25) is 0 Å². The summed E-state index contributed by atoms with van der Waals surface area (Å²) in [5, 5.41) is 7.77. The Hall–Kier alpha value is -3.15. The van der Waals surface area contributed by atoms with Crippen LogP contribution < -0.4 is 15.5 Å². The van der Waals surface area contributed by atoms with Crippen LogP contribution in [0.4, 0.5) is 0 Å². The summed E-state index contributed by atoms with van der Waals surface area (Å²) in [6.45, 7) is 4.33. The monoisotopic (exact) mass is 365 g/mol. The minimum atomic E-state index is -0.175. The largest absolute Gasteiger partial charge is 0.496 e. The summed E-state index contributed by atoms with van der Waals surface area (Å²) in [6.07, 6.45) is 1.55. The first kappa shape index (κ1) is 18.6. The summed E-state index contributed by atoms with van der Waals surface area (Å²) in [4.78, 5) is 24.3. The number of nitrogens with zero attached hydrogens (tertiary/aromatic N) is 2. The van der Waals surface area contributed by atoms with E-state index in [0.717, 1.165) is 22.4 Å². The second-order valence-electron chi connectivity index (χ2n) is 6.53. The molecular formula is C21H23N3O3. The minimum absolute atomic E-state index is 0.0874. The first-order chi connectivity index (χ1) is 13.0. The number of amides is 1. The normalized spacial score (nSPS) is 12.0. The Kier molecular flexibility index (Phi) is 5.54. The molecule has 6 heteroatoms. The highest BCUT2D eigenvalue weighted by atomic mass is 16.5. The lowest BCUT2D eigenvalue weighted by molar-refractivity contribution is -0.122. The molecule has 6 nitrogen and oxygen atoms in total. The molecule has 0 saturated heterocycles. The standard InChI is InChI=1S/C21H23N3O3/c1-14-8-9-20(27-3)17(12-14)15(2)23-21(26)10-11-24-18-7-5-4-6-16(18)19(25)13-22-24/h4-9,12-13,15H,10-11H2,1-3H3,(H,23,26)/t15-/m0/s1. The fourth-order valence-corrected chi connectivity index (χ4v) is 3.13. The molecule has 1 atom stereocenters. The number of nitrogens with one attached hydrogen (secondary N) is 1. The molecule has 3 aromatic rings. The van der Waals surface area contributed by atoms with Crippen LogP contribution in [0.3, 0.4) is 0 Å². The molecule has 27 heavy (non-hydrogen) atoms. The van der Waals surface area contributed by atoms with E-state index in [1.807, 2.05) is 50.2 Å². The third-order valence-corrected chi connectivity index (χ3v) is 4.54. The molecule has 1 N–H and O–H groups in total. The number of benzene rings is 2. The smallest absolute Gasteiger partial charge is 0.222 e. The molecule has 0 aliphatic rings. The number of hydrogen-bond acceptors (Lipinski definition) is 4. The molecule has 1 amide bonds. The molecule has 0 unspecified atom stereocenters. The fraction of sp³-hybridized carbons (Fsp3) is 0.286. The number of hydrogen-bond donors (Lipinski definition) is 1. The average molecular weight is 365 g/mol. The number of ether oxygens (including phenoxy) is 1. The van der Waals surface area contributed by atoms with Gasteiger partial charge in [-0.2, -0.15) is 5.10 Å². The van der Waals surface area contributed by atoms with Crippen LogP contribution in [0, 0.1) is 6.92 Å². The van der Waals surface area contributed by atoms with Crippen molar-refractivity contribution < 1.29 is 9.53 Å². The summed E-state index contributed by atoms with van der Waals surface area (Å²) >= 11 is 0. The Labute approximate surface area is 157 Å². The predicted molar refractivity (Wildman–Crippen MR) is 105 cm³/mol. The first-order valence-corrected chi connectivity index (χ1v) is 8.88. The molecule has 0 radical (unpaired) electrons. The Balaban J connectivity index is 1.70. The number of carbonyl (C=O) groups is 1. The lowest BCUT2D eigenvalue weighted by Crippen LogP contribution is -2.28. The van der Waals surface area contributed by atoms with Crippen molar-refractivity contribution in [2.24, 2.45) is 0 Å². The van der Waals surface area contributed by atoms with Gasteiger partial charge in [-0.3, -0.25) is 14.3 Å². The van der Waals surface area contributed by atoms with Crippen LogP contribution in [-0.2, 0) is 11.3 Å². The number of para-hydroxylation sites is 1. The van der Waals surface area contributed by atoms with E-state index in [9.17, 15) is 9.59 Å². The predicted octanol–water partition coefficient (Wildman–Crippen LogP) is 2.98. The Bertz CT molecular complexity index is 1030. The van der Waals surface area contributed by atoms with E-state index in [1.165, 1.54) is 6.20 Å². The van der Waals surface area contributed by atoms with Gasteiger partial charge in [0.15, 0.2) is 0 Å². The molecule has 0 spiro atoms. The number of aromatic nitrogens is 2. The second-order valence-corrected chi connectivity index (χ2v) is 6.53. The van der Waals surface area contributed by atoms with Gasteiger partial charge in [0, 0.05) is 17.4 Å². The van der Waals surface area contributed by atoms with Gasteiger partial charge >= 0.3 is 0 Å². The van der Waals surface area contributed by atoms with Gasteiger partial charge in [0.2, 0.25) is 11.3 Å². The molecule has 2 aromatic carbocycles. The van der Waals surface area contributed by atoms with E-state index in [0.29, 0.717) is 11.9 Å². The van der Waals surface area contributed by atoms with E-state index >= 15 is 0 Å². The SMILES string of the molecule is COc1ccc(C)cc1[C@H](C)NC(=O)CCn1ncc(=O)c2ccccc21. The molecule has 1 aromatic heterocycles. The molecule has 0 fully saturated rings. The lowest BCUT2D eigenvalue weighted by atomic mass is 10.0. The molecule has 3 rings (SSSR count). The third-order valence-electron chi connectivity index (χ3n) is 4.54. The maximum Gasteiger partial charge on any atom is 0.222 e. The van der Waals surface area contributed by atoms with Crippen molar-refractivity contribution in [1.82, 2.24) is 15.1 Å². The summed E-state index contributed by atoms with van der Waals surface area (Å²) in [6, 6.07) is 13.0. The Morgan fingerprint density at radius 1 is 1.26 bits per heavy atom. The number of carbonyl (C=O) groups excluding carboxylic acids is 1. The second kappa shape index (κ2) is 8.03. The van der Waals surface area contributed by atoms with Crippen molar-refractivity contribution in [3.63, 3.8) is 0 Å². The summed E-state index contributed by atoms with van der Waals surface area (Å²) in [7, 11) is 1.62. The molecule has 140 valence electrons. The summed E-state index contributed by atoms with van der Waals surface area (Å²) in [5.41, 5.74) is 2.66. The summed E-state index contributed by atoms with van der Waals surface area (Å²) in [5.74, 6) is 0.664. The van der Waals surface area contributed by atoms with Crippen LogP contribution in [-0.4, -0.2) is 22.8 Å². The van der Waals surface area contributed by atoms with Gasteiger partial charge in [-0.25, -0.2) is 0 Å². The first-order valence-electron chi connectivity index (χ1n) is 8.88. The molecule has 1 heterocycles. The number of methoxy groups -OCH3 is 1. The average Bonchev–Trinajstić information content (AvgIpc) is 2.67. The molecular weight excluding hydrogens is 342 g/mol.